The molecule has 6 heteroatoms. The molecule has 1 unspecified atom stereocenters. The molecule has 0 aliphatic carbocycles. The third kappa shape index (κ3) is 6.59. The van der Waals surface area contributed by atoms with Gasteiger partial charge in [-0.15, -0.1) is 0 Å². The number of ketones is 1. The number of amides is 1. The molecule has 0 fully saturated rings. The Hall–Kier alpha value is -2.86. The molecule has 162 valence electrons. The van der Waals surface area contributed by atoms with E-state index in [0.29, 0.717) is 24.3 Å². The zero-order valence-corrected chi connectivity index (χ0v) is 18.3. The van der Waals surface area contributed by atoms with Gasteiger partial charge in [0, 0.05) is 18.5 Å². The number of nitrogens with one attached hydrogen (secondary N) is 1. The van der Waals surface area contributed by atoms with Crippen LogP contribution >= 0.6 is 0 Å². The summed E-state index contributed by atoms with van der Waals surface area (Å²) < 4.78 is 10.9. The Kier molecular flexibility index (Phi) is 9.35. The molecular weight excluding hydrogens is 380 g/mol. The van der Waals surface area contributed by atoms with Gasteiger partial charge in [0.25, 0.3) is 5.91 Å². The summed E-state index contributed by atoms with van der Waals surface area (Å²) in [4.78, 5) is 26.3. The number of ether oxygens (including phenoxy) is 2. The maximum atomic E-state index is 12.4. The minimum absolute atomic E-state index is 0.0402. The first-order valence-electron chi connectivity index (χ1n) is 10.4. The molecule has 0 aliphatic rings. The maximum Gasteiger partial charge on any atom is 0.258 e. The van der Waals surface area contributed by atoms with Crippen LogP contribution in [0.4, 0.5) is 0 Å². The fourth-order valence-corrected chi connectivity index (χ4v) is 3.32. The number of likely N-dealkylation sites (N-methyl/N-ethyl adjacent to an activating group) is 1. The van der Waals surface area contributed by atoms with E-state index >= 15 is 0 Å². The van der Waals surface area contributed by atoms with Crippen LogP contribution in [-0.4, -0.2) is 49.9 Å². The number of methoxy groups -OCH3 is 1. The van der Waals surface area contributed by atoms with Gasteiger partial charge in [0.15, 0.2) is 12.4 Å². The summed E-state index contributed by atoms with van der Waals surface area (Å²) in [5.74, 6) is 1.25. The number of Topliss-reactive ketones (excluding diaryl/α,β-unsaturated/α-hetero) is 1. The molecule has 0 spiro atoms. The zero-order valence-electron chi connectivity index (χ0n) is 18.3. The number of nitrogens with zero attached hydrogens (tertiary/aromatic N) is 1. The number of rotatable bonds is 12. The van der Waals surface area contributed by atoms with E-state index in [4.69, 9.17) is 9.47 Å². The van der Waals surface area contributed by atoms with Crippen LogP contribution in [0.3, 0.4) is 0 Å². The molecule has 30 heavy (non-hydrogen) atoms. The Morgan fingerprint density at radius 3 is 2.30 bits per heavy atom. The first-order valence-corrected chi connectivity index (χ1v) is 10.4. The average Bonchev–Trinajstić information content (AvgIpc) is 2.80. The number of hydrogen-bond acceptors (Lipinski definition) is 5. The van der Waals surface area contributed by atoms with Crippen molar-refractivity contribution < 1.29 is 19.1 Å². The van der Waals surface area contributed by atoms with Gasteiger partial charge >= 0.3 is 0 Å². The molecule has 0 saturated carbocycles. The quantitative estimate of drug-likeness (QED) is 0.536. The summed E-state index contributed by atoms with van der Waals surface area (Å²) in [5.41, 5.74) is 1.74. The van der Waals surface area contributed by atoms with Gasteiger partial charge < -0.3 is 14.8 Å². The van der Waals surface area contributed by atoms with Crippen LogP contribution in [0.1, 0.15) is 49.2 Å². The van der Waals surface area contributed by atoms with Crippen molar-refractivity contribution in [1.29, 1.82) is 0 Å². The highest BCUT2D eigenvalue weighted by atomic mass is 16.5. The van der Waals surface area contributed by atoms with Gasteiger partial charge in [-0.3, -0.25) is 14.5 Å². The predicted octanol–water partition coefficient (Wildman–Crippen LogP) is 3.87. The molecule has 2 aromatic carbocycles. The summed E-state index contributed by atoms with van der Waals surface area (Å²) in [5, 5.41) is 2.98. The molecule has 1 N–H and O–H groups in total. The van der Waals surface area contributed by atoms with Crippen molar-refractivity contribution >= 4 is 11.7 Å². The smallest absolute Gasteiger partial charge is 0.258 e. The van der Waals surface area contributed by atoms with E-state index in [9.17, 15) is 9.59 Å². The highest BCUT2D eigenvalue weighted by Gasteiger charge is 2.19. The minimum Gasteiger partial charge on any atom is -0.497 e. The van der Waals surface area contributed by atoms with E-state index in [-0.39, 0.29) is 24.3 Å². The third-order valence-electron chi connectivity index (χ3n) is 5.09. The summed E-state index contributed by atoms with van der Waals surface area (Å²) in [6, 6.07) is 14.8. The van der Waals surface area contributed by atoms with Crippen molar-refractivity contribution in [2.45, 2.75) is 33.2 Å². The number of carbonyl (C=O) groups excluding carboxylic acids is 2. The van der Waals surface area contributed by atoms with Crippen molar-refractivity contribution in [3.05, 3.63) is 59.7 Å². The Morgan fingerprint density at radius 2 is 1.70 bits per heavy atom. The molecule has 0 aromatic heterocycles. The number of hydrogen-bond donors (Lipinski definition) is 1. The second kappa shape index (κ2) is 12.0. The highest BCUT2D eigenvalue weighted by Crippen LogP contribution is 2.23. The molecule has 0 saturated heterocycles. The van der Waals surface area contributed by atoms with Crippen LogP contribution in [0.15, 0.2) is 48.5 Å². The Balaban J connectivity index is 1.95. The number of carbonyl (C=O) groups is 2. The summed E-state index contributed by atoms with van der Waals surface area (Å²) in [6.45, 7) is 8.17. The van der Waals surface area contributed by atoms with E-state index in [0.717, 1.165) is 24.4 Å². The Bertz CT molecular complexity index is 816. The lowest BCUT2D eigenvalue weighted by atomic mass is 10.0. The van der Waals surface area contributed by atoms with Crippen molar-refractivity contribution in [2.24, 2.45) is 0 Å². The summed E-state index contributed by atoms with van der Waals surface area (Å²) in [6.07, 6.45) is 0.462. The molecular formula is C24H32N2O4. The van der Waals surface area contributed by atoms with Crippen molar-refractivity contribution in [3.63, 3.8) is 0 Å². The summed E-state index contributed by atoms with van der Waals surface area (Å²) >= 11 is 0. The molecule has 1 amide bonds. The molecule has 0 bridgehead atoms. The normalized spacial score (nSPS) is 11.8. The average molecular weight is 413 g/mol. The summed E-state index contributed by atoms with van der Waals surface area (Å²) in [7, 11) is 1.65. The maximum absolute atomic E-state index is 12.4. The van der Waals surface area contributed by atoms with E-state index in [1.165, 1.54) is 0 Å². The lowest BCUT2D eigenvalue weighted by Gasteiger charge is -2.30. The second-order valence-corrected chi connectivity index (χ2v) is 6.91. The molecule has 0 heterocycles. The standard InChI is InChI=1S/C24H32N2O4/c1-5-23(27)18-11-13-20(14-12-18)30-17-24(28)25-16-22(26(6-2)7-3)19-9-8-10-21(15-19)29-4/h8-15,22H,5-7,16-17H2,1-4H3,(H,25,28). The monoisotopic (exact) mass is 412 g/mol. The van der Waals surface area contributed by atoms with Gasteiger partial charge in [-0.05, 0) is 55.1 Å². The first kappa shape index (κ1) is 23.4. The lowest BCUT2D eigenvalue weighted by Crippen LogP contribution is -2.39. The largest absolute Gasteiger partial charge is 0.497 e. The van der Waals surface area contributed by atoms with Gasteiger partial charge in [-0.1, -0.05) is 32.9 Å². The van der Waals surface area contributed by atoms with Gasteiger partial charge in [0.05, 0.1) is 13.2 Å². The van der Waals surface area contributed by atoms with Crippen molar-refractivity contribution in [1.82, 2.24) is 10.2 Å². The second-order valence-electron chi connectivity index (χ2n) is 6.91. The van der Waals surface area contributed by atoms with E-state index in [1.54, 1.807) is 31.4 Å². The number of benzene rings is 2. The molecule has 2 aromatic rings. The van der Waals surface area contributed by atoms with E-state index < -0.39 is 0 Å². The Morgan fingerprint density at radius 1 is 1.00 bits per heavy atom. The van der Waals surface area contributed by atoms with Crippen LogP contribution in [0.25, 0.3) is 0 Å². The molecule has 0 radical (unpaired) electrons. The SMILES string of the molecule is CCC(=O)c1ccc(OCC(=O)NCC(c2cccc(OC)c2)N(CC)CC)cc1. The first-order chi connectivity index (χ1) is 14.5. The van der Waals surface area contributed by atoms with Crippen LogP contribution < -0.4 is 14.8 Å². The Labute approximate surface area is 179 Å². The third-order valence-corrected chi connectivity index (χ3v) is 5.09. The van der Waals surface area contributed by atoms with Crippen molar-refractivity contribution in [2.75, 3.05) is 33.4 Å². The molecule has 6 nitrogen and oxygen atoms in total. The van der Waals surface area contributed by atoms with Gasteiger partial charge in [-0.25, -0.2) is 0 Å². The topological polar surface area (TPSA) is 67.9 Å². The van der Waals surface area contributed by atoms with Gasteiger partial charge in [0.2, 0.25) is 0 Å². The van der Waals surface area contributed by atoms with Crippen LogP contribution in [0, 0.1) is 0 Å². The van der Waals surface area contributed by atoms with Crippen LogP contribution in [0.2, 0.25) is 0 Å². The lowest BCUT2D eigenvalue weighted by molar-refractivity contribution is -0.123. The van der Waals surface area contributed by atoms with Gasteiger partial charge in [0.1, 0.15) is 11.5 Å². The zero-order chi connectivity index (χ0) is 21.9. The predicted molar refractivity (Wildman–Crippen MR) is 118 cm³/mol. The van der Waals surface area contributed by atoms with Gasteiger partial charge in [-0.2, -0.15) is 0 Å². The van der Waals surface area contributed by atoms with Crippen LogP contribution in [-0.2, 0) is 4.79 Å². The molecule has 2 rings (SSSR count). The minimum atomic E-state index is -0.191. The highest BCUT2D eigenvalue weighted by molar-refractivity contribution is 5.95. The molecule has 0 aliphatic heterocycles. The van der Waals surface area contributed by atoms with Crippen LogP contribution in [0.5, 0.6) is 11.5 Å². The van der Waals surface area contributed by atoms with E-state index in [2.05, 4.69) is 24.1 Å². The van der Waals surface area contributed by atoms with Crippen molar-refractivity contribution in [3.8, 4) is 11.5 Å². The fourth-order valence-electron chi connectivity index (χ4n) is 3.32. The molecule has 1 atom stereocenters. The van der Waals surface area contributed by atoms with E-state index in [1.807, 2.05) is 31.2 Å². The fraction of sp³-hybridized carbons (Fsp3) is 0.417.